The molecule has 3 aliphatic carbocycles. The number of benzene rings is 1. The van der Waals surface area contributed by atoms with Crippen LogP contribution in [0, 0.1) is 18.7 Å². The molecule has 7 rings (SSSR count). The molecular formula is C30H34FN7O3. The smallest absolute Gasteiger partial charge is 0.345 e. The van der Waals surface area contributed by atoms with Crippen molar-refractivity contribution < 1.29 is 14.0 Å². The van der Waals surface area contributed by atoms with E-state index in [1.165, 1.54) is 22.5 Å². The fraction of sp³-hybridized carbons (Fsp3) is 0.433. The number of amides is 2. The molecule has 214 valence electrons. The van der Waals surface area contributed by atoms with E-state index in [2.05, 4.69) is 33.0 Å². The first kappa shape index (κ1) is 26.9. The standard InChI is InChI=1S/C30H34FN7O3/c1-4-37-24(30-11-7-18(8-12-30)23(9-13-30)38-17(2)35-36(3)29(38)41)15-19-10-14-33-25(26(19)37)28(40)34-20-5-6-22(31)21(16-20)27(32)39/h5-6,10,14-16,18,23H,4,7-9,11-13H2,1-3H3,(H2,32,39)(H,34,40). The van der Waals surface area contributed by atoms with Gasteiger partial charge in [-0.25, -0.2) is 18.9 Å². The number of aryl methyl sites for hydroxylation is 3. The number of fused-ring (bicyclic) bond motifs is 5. The second-order valence-electron chi connectivity index (χ2n) is 11.4. The number of pyridine rings is 1. The van der Waals surface area contributed by atoms with E-state index in [0.717, 1.165) is 61.3 Å². The van der Waals surface area contributed by atoms with Crippen molar-refractivity contribution in [3.63, 3.8) is 0 Å². The molecule has 1 atom stereocenters. The van der Waals surface area contributed by atoms with Gasteiger partial charge in [0.15, 0.2) is 5.69 Å². The minimum absolute atomic E-state index is 0.0552. The third-order valence-corrected chi connectivity index (χ3v) is 9.28. The quantitative estimate of drug-likeness (QED) is 0.366. The van der Waals surface area contributed by atoms with Gasteiger partial charge in [0.25, 0.3) is 11.8 Å². The van der Waals surface area contributed by atoms with Crippen LogP contribution in [0.4, 0.5) is 10.1 Å². The molecule has 1 unspecified atom stereocenters. The maximum atomic E-state index is 14.0. The van der Waals surface area contributed by atoms with Crippen LogP contribution in [0.5, 0.6) is 0 Å². The predicted octanol–water partition coefficient (Wildman–Crippen LogP) is 4.21. The molecule has 1 aromatic carbocycles. The van der Waals surface area contributed by atoms with Crippen LogP contribution in [0.1, 0.15) is 83.9 Å². The van der Waals surface area contributed by atoms with Gasteiger partial charge in [-0.3, -0.25) is 14.2 Å². The van der Waals surface area contributed by atoms with Crippen molar-refractivity contribution in [1.29, 1.82) is 0 Å². The summed E-state index contributed by atoms with van der Waals surface area (Å²) < 4.78 is 19.5. The Kier molecular flexibility index (Phi) is 6.55. The van der Waals surface area contributed by atoms with Gasteiger partial charge in [0.1, 0.15) is 11.6 Å². The number of nitrogens with zero attached hydrogens (tertiary/aromatic N) is 5. The predicted molar refractivity (Wildman–Crippen MR) is 152 cm³/mol. The molecule has 3 aromatic heterocycles. The summed E-state index contributed by atoms with van der Waals surface area (Å²) in [7, 11) is 1.70. The summed E-state index contributed by atoms with van der Waals surface area (Å²) in [6.45, 7) is 4.63. The monoisotopic (exact) mass is 559 g/mol. The van der Waals surface area contributed by atoms with E-state index in [9.17, 15) is 18.8 Å². The summed E-state index contributed by atoms with van der Waals surface area (Å²) in [5.74, 6) is -0.925. The molecule has 3 fully saturated rings. The molecule has 0 radical (unpaired) electrons. The van der Waals surface area contributed by atoms with Crippen molar-refractivity contribution in [2.24, 2.45) is 18.7 Å². The number of anilines is 1. The van der Waals surface area contributed by atoms with Crippen molar-refractivity contribution >= 4 is 28.4 Å². The van der Waals surface area contributed by atoms with E-state index in [1.807, 2.05) is 17.6 Å². The molecule has 0 saturated heterocycles. The maximum absolute atomic E-state index is 14.0. The van der Waals surface area contributed by atoms with Gasteiger partial charge in [0.2, 0.25) is 0 Å². The van der Waals surface area contributed by atoms with E-state index in [-0.39, 0.29) is 34.1 Å². The number of primary amides is 1. The first-order valence-corrected chi connectivity index (χ1v) is 14.1. The van der Waals surface area contributed by atoms with Crippen LogP contribution in [0.3, 0.4) is 0 Å². The van der Waals surface area contributed by atoms with Gasteiger partial charge in [-0.1, -0.05) is 0 Å². The van der Waals surface area contributed by atoms with E-state index < -0.39 is 17.6 Å². The molecule has 4 aromatic rings. The number of carbonyl (C=O) groups is 2. The van der Waals surface area contributed by atoms with Crippen LogP contribution in [0.25, 0.3) is 10.9 Å². The molecular weight excluding hydrogens is 525 g/mol. The number of halogens is 1. The first-order chi connectivity index (χ1) is 19.6. The maximum Gasteiger partial charge on any atom is 0.345 e. The van der Waals surface area contributed by atoms with Crippen LogP contribution in [0.15, 0.2) is 41.3 Å². The summed E-state index contributed by atoms with van der Waals surface area (Å²) in [6.07, 6.45) is 7.52. The summed E-state index contributed by atoms with van der Waals surface area (Å²) in [4.78, 5) is 42.5. The van der Waals surface area contributed by atoms with E-state index in [4.69, 9.17) is 5.73 Å². The number of nitrogens with one attached hydrogen (secondary N) is 1. The molecule has 0 spiro atoms. The molecule has 10 nitrogen and oxygen atoms in total. The zero-order chi connectivity index (χ0) is 29.1. The van der Waals surface area contributed by atoms with Gasteiger partial charge >= 0.3 is 5.69 Å². The molecule has 3 heterocycles. The van der Waals surface area contributed by atoms with Gasteiger partial charge in [-0.2, -0.15) is 5.10 Å². The van der Waals surface area contributed by atoms with Crippen molar-refractivity contribution in [1.82, 2.24) is 23.9 Å². The highest BCUT2D eigenvalue weighted by molar-refractivity contribution is 6.11. The van der Waals surface area contributed by atoms with Crippen molar-refractivity contribution in [3.8, 4) is 0 Å². The van der Waals surface area contributed by atoms with E-state index in [1.54, 1.807) is 13.2 Å². The van der Waals surface area contributed by atoms with Gasteiger partial charge in [-0.15, -0.1) is 0 Å². The zero-order valence-electron chi connectivity index (χ0n) is 23.5. The van der Waals surface area contributed by atoms with E-state index >= 15 is 0 Å². The number of nitrogens with two attached hydrogens (primary N) is 1. The van der Waals surface area contributed by atoms with Crippen molar-refractivity contribution in [2.45, 2.75) is 70.4 Å². The third kappa shape index (κ3) is 4.34. The van der Waals surface area contributed by atoms with Gasteiger partial charge in [0.05, 0.1) is 11.1 Å². The van der Waals surface area contributed by atoms with Crippen LogP contribution in [-0.4, -0.2) is 35.7 Å². The lowest BCUT2D eigenvalue weighted by molar-refractivity contribution is 0.0992. The van der Waals surface area contributed by atoms with Crippen LogP contribution in [0.2, 0.25) is 0 Å². The number of aromatic nitrogens is 5. The molecule has 41 heavy (non-hydrogen) atoms. The zero-order valence-corrected chi connectivity index (χ0v) is 23.5. The molecule has 0 aliphatic heterocycles. The number of hydrogen-bond acceptors (Lipinski definition) is 5. The molecule has 11 heteroatoms. The van der Waals surface area contributed by atoms with E-state index in [0.29, 0.717) is 12.5 Å². The van der Waals surface area contributed by atoms with Gasteiger partial charge in [0, 0.05) is 48.0 Å². The highest BCUT2D eigenvalue weighted by Crippen LogP contribution is 2.53. The fourth-order valence-corrected chi connectivity index (χ4v) is 7.33. The summed E-state index contributed by atoms with van der Waals surface area (Å²) in [5, 5.41) is 8.07. The van der Waals surface area contributed by atoms with Crippen molar-refractivity contribution in [2.75, 3.05) is 5.32 Å². The molecule has 2 bridgehead atoms. The van der Waals surface area contributed by atoms with Crippen molar-refractivity contribution in [3.05, 3.63) is 75.6 Å². The fourth-order valence-electron chi connectivity index (χ4n) is 7.33. The Hall–Kier alpha value is -4.28. The Labute approximate surface area is 236 Å². The Balaban J connectivity index is 1.36. The summed E-state index contributed by atoms with van der Waals surface area (Å²) in [5.41, 5.74) is 7.32. The number of carbonyl (C=O) groups excluding carboxylic acids is 2. The minimum atomic E-state index is -0.911. The lowest BCUT2D eigenvalue weighted by Crippen LogP contribution is -2.33. The van der Waals surface area contributed by atoms with Gasteiger partial charge < -0.3 is 15.6 Å². The Morgan fingerprint density at radius 2 is 1.88 bits per heavy atom. The summed E-state index contributed by atoms with van der Waals surface area (Å²) >= 11 is 0. The molecule has 3 N–H and O–H groups in total. The average Bonchev–Trinajstić information content (AvgIpc) is 3.32. The SMILES string of the molecule is CCn1c(C23CCC(CC2)C(n2c(C)nn(C)c2=O)CC3)cc2ccnc(C(=O)Nc3ccc(F)c(C(N)=O)c3)c21. The Bertz CT molecular complexity index is 1740. The molecule has 3 saturated carbocycles. The number of hydrogen-bond donors (Lipinski definition) is 2. The van der Waals surface area contributed by atoms with Crippen LogP contribution in [-0.2, 0) is 19.0 Å². The van der Waals surface area contributed by atoms with Crippen LogP contribution >= 0.6 is 0 Å². The lowest BCUT2D eigenvalue weighted by atomic mass is 9.69. The third-order valence-electron chi connectivity index (χ3n) is 9.28. The van der Waals surface area contributed by atoms with Gasteiger partial charge in [-0.05, 0) is 88.6 Å². The topological polar surface area (TPSA) is 130 Å². The summed E-state index contributed by atoms with van der Waals surface area (Å²) in [6, 6.07) is 7.97. The van der Waals surface area contributed by atoms with Crippen LogP contribution < -0.4 is 16.7 Å². The normalized spacial score (nSPS) is 22.1. The molecule has 2 amide bonds. The minimum Gasteiger partial charge on any atom is -0.366 e. The lowest BCUT2D eigenvalue weighted by Gasteiger charge is -2.38. The first-order valence-electron chi connectivity index (χ1n) is 14.1. The largest absolute Gasteiger partial charge is 0.366 e. The molecule has 3 aliphatic rings. The Morgan fingerprint density at radius 1 is 1.15 bits per heavy atom. The Morgan fingerprint density at radius 3 is 2.54 bits per heavy atom. The number of rotatable bonds is 6. The second-order valence-corrected chi connectivity index (χ2v) is 11.4. The second kappa shape index (κ2) is 9.97. The highest BCUT2D eigenvalue weighted by Gasteiger charge is 2.46. The average molecular weight is 560 g/mol. The highest BCUT2D eigenvalue weighted by atomic mass is 19.1.